The fourth-order valence-corrected chi connectivity index (χ4v) is 8.34. The van der Waals surface area contributed by atoms with Crippen molar-refractivity contribution in [3.63, 3.8) is 0 Å². The SMILES string of the molecule is CSc1ccc([C@H]2CC3(C)C(CC[C@@]3(O)C(C)(F)C(C)(F)F)C3CCC4=CC(=O)CCC4=C32)cc1. The summed E-state index contributed by atoms with van der Waals surface area (Å²) < 4.78 is 45.3. The number of aliphatic hydroxyl groups is 1. The fourth-order valence-electron chi connectivity index (χ4n) is 7.93. The van der Waals surface area contributed by atoms with Gasteiger partial charge in [-0.05, 0) is 98.5 Å². The third-order valence-corrected chi connectivity index (χ3v) is 10.7. The van der Waals surface area contributed by atoms with Crippen LogP contribution in [-0.2, 0) is 4.79 Å². The highest BCUT2D eigenvalue weighted by molar-refractivity contribution is 7.98. The van der Waals surface area contributed by atoms with Gasteiger partial charge in [-0.3, -0.25) is 4.79 Å². The Hall–Kier alpha value is -1.53. The van der Waals surface area contributed by atoms with E-state index in [0.717, 1.165) is 35.8 Å². The van der Waals surface area contributed by atoms with Gasteiger partial charge in [0.05, 0.1) is 0 Å². The molecule has 0 aliphatic heterocycles. The van der Waals surface area contributed by atoms with Crippen LogP contribution in [-0.4, -0.2) is 34.3 Å². The van der Waals surface area contributed by atoms with Crippen molar-refractivity contribution in [3.05, 3.63) is 52.6 Å². The Balaban J connectivity index is 1.68. The lowest BCUT2D eigenvalue weighted by Gasteiger charge is -2.57. The Labute approximate surface area is 210 Å². The minimum absolute atomic E-state index is 0.0308. The van der Waals surface area contributed by atoms with E-state index < -0.39 is 22.6 Å². The molecule has 2 saturated carbocycles. The number of alkyl halides is 3. The predicted molar refractivity (Wildman–Crippen MR) is 134 cm³/mol. The van der Waals surface area contributed by atoms with Crippen LogP contribution in [0.25, 0.3) is 0 Å². The van der Waals surface area contributed by atoms with Crippen molar-refractivity contribution in [2.24, 2.45) is 17.3 Å². The molecule has 1 aromatic rings. The van der Waals surface area contributed by atoms with Crippen molar-refractivity contribution < 1.29 is 23.1 Å². The number of rotatable bonds is 4. The van der Waals surface area contributed by atoms with E-state index in [0.29, 0.717) is 32.6 Å². The molecular formula is C29H35F3O2S. The van der Waals surface area contributed by atoms with Crippen LogP contribution in [0.5, 0.6) is 0 Å². The lowest BCUT2D eigenvalue weighted by molar-refractivity contribution is -0.252. The second-order valence-corrected chi connectivity index (χ2v) is 12.4. The van der Waals surface area contributed by atoms with Gasteiger partial charge in [-0.15, -0.1) is 11.8 Å². The summed E-state index contributed by atoms with van der Waals surface area (Å²) in [7, 11) is 0. The van der Waals surface area contributed by atoms with E-state index >= 15 is 4.39 Å². The summed E-state index contributed by atoms with van der Waals surface area (Å²) >= 11 is 1.65. The number of thioether (sulfide) groups is 1. The Kier molecular flexibility index (Phi) is 5.92. The first-order valence-electron chi connectivity index (χ1n) is 12.7. The Bertz CT molecular complexity index is 1100. The quantitative estimate of drug-likeness (QED) is 0.434. The maximum Gasteiger partial charge on any atom is 0.281 e. The smallest absolute Gasteiger partial charge is 0.281 e. The molecule has 0 bridgehead atoms. The van der Waals surface area contributed by atoms with Crippen LogP contribution in [0.15, 0.2) is 52.0 Å². The molecule has 0 saturated heterocycles. The zero-order valence-corrected chi connectivity index (χ0v) is 21.8. The summed E-state index contributed by atoms with van der Waals surface area (Å²) in [5, 5.41) is 11.9. The maximum atomic E-state index is 16.0. The number of hydrogen-bond acceptors (Lipinski definition) is 3. The standard InChI is InChI=1S/C29H35F3O2S/c1-26-16-23(17-5-9-20(35-4)10-6-17)25-21-12-8-19(33)15-18(21)7-11-22(25)24(26)13-14-29(26,34)27(2,30)28(3,31)32/h5-6,9-10,15,22-24,34H,7-8,11-14,16H2,1-4H3/t22?,23-,24?,26?,27?,29+/m1/s1. The topological polar surface area (TPSA) is 37.3 Å². The number of carbonyl (C=O) groups excluding carboxylic acids is 1. The molecule has 35 heavy (non-hydrogen) atoms. The van der Waals surface area contributed by atoms with Gasteiger partial charge in [-0.25, -0.2) is 13.2 Å². The van der Waals surface area contributed by atoms with Crippen LogP contribution in [0.4, 0.5) is 13.2 Å². The number of allylic oxidation sites excluding steroid dienone is 4. The summed E-state index contributed by atoms with van der Waals surface area (Å²) in [6, 6.07) is 8.32. The first-order chi connectivity index (χ1) is 16.3. The van der Waals surface area contributed by atoms with Gasteiger partial charge in [-0.2, -0.15) is 0 Å². The van der Waals surface area contributed by atoms with Crippen molar-refractivity contribution in [1.29, 1.82) is 0 Å². The van der Waals surface area contributed by atoms with Crippen LogP contribution in [0.3, 0.4) is 0 Å². The molecule has 0 aromatic heterocycles. The number of carbonyl (C=O) groups is 1. The van der Waals surface area contributed by atoms with E-state index in [2.05, 4.69) is 24.3 Å². The van der Waals surface area contributed by atoms with Crippen LogP contribution in [0, 0.1) is 17.3 Å². The average molecular weight is 505 g/mol. The van der Waals surface area contributed by atoms with Crippen molar-refractivity contribution in [2.45, 2.75) is 93.7 Å². The van der Waals surface area contributed by atoms with E-state index in [9.17, 15) is 18.7 Å². The largest absolute Gasteiger partial charge is 0.386 e. The zero-order chi connectivity index (χ0) is 25.4. The molecule has 1 aromatic carbocycles. The Morgan fingerprint density at radius 1 is 1.06 bits per heavy atom. The predicted octanol–water partition coefficient (Wildman–Crippen LogP) is 7.42. The van der Waals surface area contributed by atoms with Crippen LogP contribution >= 0.6 is 11.8 Å². The summed E-state index contributed by atoms with van der Waals surface area (Å²) in [5.74, 6) is -3.59. The first kappa shape index (κ1) is 25.1. The Morgan fingerprint density at radius 3 is 2.37 bits per heavy atom. The molecule has 5 rings (SSSR count). The molecule has 6 atom stereocenters. The second kappa shape index (κ2) is 8.24. The molecule has 6 heteroatoms. The third-order valence-electron chi connectivity index (χ3n) is 10.0. The lowest BCUT2D eigenvalue weighted by Crippen LogP contribution is -2.66. The summed E-state index contributed by atoms with van der Waals surface area (Å²) in [5.41, 5.74) is -1.42. The molecule has 2 nitrogen and oxygen atoms in total. The molecular weight excluding hydrogens is 469 g/mol. The molecule has 0 radical (unpaired) electrons. The molecule has 1 N–H and O–H groups in total. The van der Waals surface area contributed by atoms with Gasteiger partial charge in [-0.1, -0.05) is 24.6 Å². The van der Waals surface area contributed by atoms with Gasteiger partial charge >= 0.3 is 0 Å². The van der Waals surface area contributed by atoms with Crippen molar-refractivity contribution in [2.75, 3.05) is 6.26 Å². The number of ketones is 1. The van der Waals surface area contributed by atoms with Gasteiger partial charge in [0.2, 0.25) is 0 Å². The molecule has 0 spiro atoms. The van der Waals surface area contributed by atoms with E-state index in [1.54, 1.807) is 17.8 Å². The lowest BCUT2D eigenvalue weighted by atomic mass is 9.49. The molecule has 0 amide bonds. The molecule has 0 heterocycles. The first-order valence-corrected chi connectivity index (χ1v) is 14.0. The zero-order valence-electron chi connectivity index (χ0n) is 21.0. The molecule has 2 fully saturated rings. The fraction of sp³-hybridized carbons (Fsp3) is 0.621. The number of hydrogen-bond donors (Lipinski definition) is 1. The summed E-state index contributed by atoms with van der Waals surface area (Å²) in [4.78, 5) is 13.3. The van der Waals surface area contributed by atoms with Crippen LogP contribution in [0.1, 0.15) is 77.2 Å². The van der Waals surface area contributed by atoms with Gasteiger partial charge in [0.1, 0.15) is 5.60 Å². The highest BCUT2D eigenvalue weighted by Crippen LogP contribution is 2.70. The summed E-state index contributed by atoms with van der Waals surface area (Å²) in [6.07, 6.45) is 7.56. The molecule has 4 unspecified atom stereocenters. The van der Waals surface area contributed by atoms with Crippen molar-refractivity contribution in [1.82, 2.24) is 0 Å². The van der Waals surface area contributed by atoms with Gasteiger partial charge < -0.3 is 5.11 Å². The van der Waals surface area contributed by atoms with E-state index in [4.69, 9.17) is 0 Å². The molecule has 4 aliphatic rings. The molecule has 4 aliphatic carbocycles. The minimum Gasteiger partial charge on any atom is -0.386 e. The third kappa shape index (κ3) is 3.53. The minimum atomic E-state index is -3.67. The average Bonchev–Trinajstić information content (AvgIpc) is 3.09. The van der Waals surface area contributed by atoms with Gasteiger partial charge in [0.25, 0.3) is 5.92 Å². The highest BCUT2D eigenvalue weighted by atomic mass is 32.2. The normalized spacial score (nSPS) is 36.7. The van der Waals surface area contributed by atoms with E-state index in [1.165, 1.54) is 11.1 Å². The van der Waals surface area contributed by atoms with E-state index in [-0.39, 0.29) is 30.0 Å². The van der Waals surface area contributed by atoms with Gasteiger partial charge in [0, 0.05) is 29.6 Å². The highest BCUT2D eigenvalue weighted by Gasteiger charge is 2.73. The monoisotopic (exact) mass is 504 g/mol. The van der Waals surface area contributed by atoms with Gasteiger partial charge in [0.15, 0.2) is 11.5 Å². The van der Waals surface area contributed by atoms with Crippen molar-refractivity contribution >= 4 is 17.5 Å². The van der Waals surface area contributed by atoms with E-state index in [1.807, 2.05) is 13.2 Å². The Morgan fingerprint density at radius 2 is 1.74 bits per heavy atom. The summed E-state index contributed by atoms with van der Waals surface area (Å²) in [6.45, 7) is 3.34. The number of halogens is 3. The van der Waals surface area contributed by atoms with Crippen LogP contribution in [0.2, 0.25) is 0 Å². The maximum absolute atomic E-state index is 16.0. The number of fused-ring (bicyclic) bond motifs is 4. The molecule has 190 valence electrons. The second-order valence-electron chi connectivity index (χ2n) is 11.6. The van der Waals surface area contributed by atoms with Crippen LogP contribution < -0.4 is 0 Å². The number of benzene rings is 1. The van der Waals surface area contributed by atoms with Crippen molar-refractivity contribution in [3.8, 4) is 0 Å².